The minimum absolute atomic E-state index is 0. The second-order valence-electron chi connectivity index (χ2n) is 3.10. The number of hydrogen-bond donors (Lipinski definition) is 1. The van der Waals surface area contributed by atoms with Crippen LogP contribution in [0.3, 0.4) is 0 Å². The Kier molecular flexibility index (Phi) is 3.36. The van der Waals surface area contributed by atoms with E-state index in [-0.39, 0.29) is 18.1 Å². The molecule has 2 rings (SSSR count). The number of H-pyrrole nitrogens is 1. The summed E-state index contributed by atoms with van der Waals surface area (Å²) in [7, 11) is 0. The topological polar surface area (TPSA) is 37.8 Å². The summed E-state index contributed by atoms with van der Waals surface area (Å²) < 4.78 is 1.77. The van der Waals surface area contributed by atoms with Gasteiger partial charge in [-0.2, -0.15) is 0 Å². The highest BCUT2D eigenvalue weighted by atomic mass is 35.5. The zero-order valence-electron chi connectivity index (χ0n) is 7.99. The highest BCUT2D eigenvalue weighted by molar-refractivity contribution is 5.85. The maximum absolute atomic E-state index is 11.4. The van der Waals surface area contributed by atoms with Gasteiger partial charge in [0.25, 0.3) is 0 Å². The normalized spacial score (nSPS) is 10.1. The average Bonchev–Trinajstić information content (AvgIpc) is 2.44. The number of aryl methyl sites for hydroxylation is 1. The molecule has 0 radical (unpaired) electrons. The van der Waals surface area contributed by atoms with Crippen LogP contribution in [0.15, 0.2) is 29.1 Å². The standard InChI is InChI=1S/C10H12N2O.ClH/c1-2-7-12-9-6-4-3-5-8(9)11-10(12)13;/h3-6H,2,7H2,1H3,(H,11,13);1H. The van der Waals surface area contributed by atoms with E-state index in [9.17, 15) is 4.79 Å². The van der Waals surface area contributed by atoms with Crippen molar-refractivity contribution in [2.45, 2.75) is 19.9 Å². The maximum Gasteiger partial charge on any atom is 0.326 e. The van der Waals surface area contributed by atoms with Crippen molar-refractivity contribution >= 4 is 23.4 Å². The van der Waals surface area contributed by atoms with Gasteiger partial charge in [0.15, 0.2) is 0 Å². The van der Waals surface area contributed by atoms with Crippen molar-refractivity contribution < 1.29 is 0 Å². The molecule has 0 bridgehead atoms. The maximum atomic E-state index is 11.4. The monoisotopic (exact) mass is 212 g/mol. The fourth-order valence-electron chi connectivity index (χ4n) is 1.55. The summed E-state index contributed by atoms with van der Waals surface area (Å²) in [6, 6.07) is 7.75. The Morgan fingerprint density at radius 3 is 2.79 bits per heavy atom. The molecule has 3 nitrogen and oxygen atoms in total. The largest absolute Gasteiger partial charge is 0.326 e. The van der Waals surface area contributed by atoms with Gasteiger partial charge in [0.05, 0.1) is 11.0 Å². The van der Waals surface area contributed by atoms with Gasteiger partial charge in [-0.05, 0) is 18.6 Å². The quantitative estimate of drug-likeness (QED) is 0.814. The molecule has 14 heavy (non-hydrogen) atoms. The number of para-hydroxylation sites is 2. The van der Waals surface area contributed by atoms with Gasteiger partial charge in [-0.1, -0.05) is 19.1 Å². The molecule has 0 spiro atoms. The lowest BCUT2D eigenvalue weighted by atomic mass is 10.3. The fraction of sp³-hybridized carbons (Fsp3) is 0.300. The van der Waals surface area contributed by atoms with Gasteiger partial charge in [0, 0.05) is 6.54 Å². The molecule has 0 saturated heterocycles. The summed E-state index contributed by atoms with van der Waals surface area (Å²) in [5.74, 6) is 0. The Bertz CT molecular complexity index is 472. The first-order valence-electron chi connectivity index (χ1n) is 4.50. The van der Waals surface area contributed by atoms with E-state index in [1.54, 1.807) is 4.57 Å². The van der Waals surface area contributed by atoms with Gasteiger partial charge >= 0.3 is 5.69 Å². The van der Waals surface area contributed by atoms with Crippen LogP contribution >= 0.6 is 12.4 Å². The minimum Gasteiger partial charge on any atom is -0.306 e. The number of nitrogens with zero attached hydrogens (tertiary/aromatic N) is 1. The Hall–Kier alpha value is -1.22. The van der Waals surface area contributed by atoms with E-state index in [1.807, 2.05) is 24.3 Å². The summed E-state index contributed by atoms with van der Waals surface area (Å²) in [5, 5.41) is 0. The van der Waals surface area contributed by atoms with Crippen LogP contribution in [0.2, 0.25) is 0 Å². The highest BCUT2D eigenvalue weighted by Crippen LogP contribution is 2.08. The summed E-state index contributed by atoms with van der Waals surface area (Å²) in [6.07, 6.45) is 0.974. The van der Waals surface area contributed by atoms with Gasteiger partial charge in [-0.25, -0.2) is 4.79 Å². The van der Waals surface area contributed by atoms with Crippen molar-refractivity contribution in [3.63, 3.8) is 0 Å². The first-order valence-corrected chi connectivity index (χ1v) is 4.50. The van der Waals surface area contributed by atoms with Crippen molar-refractivity contribution in [1.29, 1.82) is 0 Å². The third-order valence-electron chi connectivity index (χ3n) is 2.13. The molecule has 0 atom stereocenters. The molecule has 0 fully saturated rings. The Morgan fingerprint density at radius 1 is 1.36 bits per heavy atom. The smallest absolute Gasteiger partial charge is 0.306 e. The number of aromatic amines is 1. The molecule has 0 aliphatic heterocycles. The van der Waals surface area contributed by atoms with Gasteiger partial charge in [0.1, 0.15) is 0 Å². The van der Waals surface area contributed by atoms with Crippen LogP contribution in [0.25, 0.3) is 11.0 Å². The number of nitrogens with one attached hydrogen (secondary N) is 1. The van der Waals surface area contributed by atoms with Gasteiger partial charge < -0.3 is 4.98 Å². The van der Waals surface area contributed by atoms with E-state index >= 15 is 0 Å². The van der Waals surface area contributed by atoms with Gasteiger partial charge in [0.2, 0.25) is 0 Å². The highest BCUT2D eigenvalue weighted by Gasteiger charge is 2.03. The molecule has 0 aliphatic rings. The first-order chi connectivity index (χ1) is 6.33. The van der Waals surface area contributed by atoms with Crippen LogP contribution in [0.5, 0.6) is 0 Å². The van der Waals surface area contributed by atoms with Crippen molar-refractivity contribution in [1.82, 2.24) is 9.55 Å². The van der Waals surface area contributed by atoms with E-state index in [0.717, 1.165) is 24.0 Å². The molecule has 0 unspecified atom stereocenters. The number of imidazole rings is 1. The Morgan fingerprint density at radius 2 is 2.07 bits per heavy atom. The van der Waals surface area contributed by atoms with E-state index in [0.29, 0.717) is 0 Å². The molecule has 0 saturated carbocycles. The van der Waals surface area contributed by atoms with Crippen LogP contribution in [-0.4, -0.2) is 9.55 Å². The van der Waals surface area contributed by atoms with Crippen LogP contribution in [-0.2, 0) is 6.54 Å². The predicted molar refractivity (Wildman–Crippen MR) is 60.1 cm³/mol. The third kappa shape index (κ3) is 1.68. The van der Waals surface area contributed by atoms with Gasteiger partial charge in [-0.15, -0.1) is 12.4 Å². The Balaban J connectivity index is 0.000000980. The zero-order valence-corrected chi connectivity index (χ0v) is 8.80. The molecule has 1 N–H and O–H groups in total. The summed E-state index contributed by atoms with van der Waals surface area (Å²) in [5.41, 5.74) is 1.90. The van der Waals surface area contributed by atoms with Crippen molar-refractivity contribution in [2.24, 2.45) is 0 Å². The van der Waals surface area contributed by atoms with Crippen molar-refractivity contribution in [2.75, 3.05) is 0 Å². The summed E-state index contributed by atoms with van der Waals surface area (Å²) in [6.45, 7) is 2.84. The van der Waals surface area contributed by atoms with Crippen LogP contribution in [0.1, 0.15) is 13.3 Å². The zero-order chi connectivity index (χ0) is 9.26. The van der Waals surface area contributed by atoms with E-state index in [2.05, 4.69) is 11.9 Å². The molecule has 76 valence electrons. The number of benzene rings is 1. The van der Waals surface area contributed by atoms with E-state index in [4.69, 9.17) is 0 Å². The van der Waals surface area contributed by atoms with Crippen LogP contribution in [0.4, 0.5) is 0 Å². The average molecular weight is 213 g/mol. The van der Waals surface area contributed by atoms with E-state index < -0.39 is 0 Å². The van der Waals surface area contributed by atoms with Crippen molar-refractivity contribution in [3.8, 4) is 0 Å². The first kappa shape index (κ1) is 10.9. The molecule has 2 aromatic rings. The molecular formula is C10H13ClN2O. The van der Waals surface area contributed by atoms with E-state index in [1.165, 1.54) is 0 Å². The number of aromatic nitrogens is 2. The lowest BCUT2D eigenvalue weighted by Crippen LogP contribution is -2.16. The second kappa shape index (κ2) is 4.33. The molecular weight excluding hydrogens is 200 g/mol. The molecule has 0 amide bonds. The molecule has 4 heteroatoms. The predicted octanol–water partition coefficient (Wildman–Crippen LogP) is 2.16. The fourth-order valence-corrected chi connectivity index (χ4v) is 1.55. The molecule has 1 aromatic heterocycles. The number of fused-ring (bicyclic) bond motifs is 1. The van der Waals surface area contributed by atoms with Crippen LogP contribution in [0, 0.1) is 0 Å². The molecule has 1 heterocycles. The second-order valence-corrected chi connectivity index (χ2v) is 3.10. The van der Waals surface area contributed by atoms with Gasteiger partial charge in [-0.3, -0.25) is 4.57 Å². The number of hydrogen-bond acceptors (Lipinski definition) is 1. The Labute approximate surface area is 88.2 Å². The third-order valence-corrected chi connectivity index (χ3v) is 2.13. The SMILES string of the molecule is CCCn1c(=O)[nH]c2ccccc21.Cl. The van der Waals surface area contributed by atoms with Crippen LogP contribution < -0.4 is 5.69 Å². The molecule has 0 aliphatic carbocycles. The lowest BCUT2D eigenvalue weighted by molar-refractivity contribution is 0.674. The minimum atomic E-state index is -0.0111. The van der Waals surface area contributed by atoms with Crippen molar-refractivity contribution in [3.05, 3.63) is 34.7 Å². The molecule has 1 aromatic carbocycles. The number of halogens is 1. The summed E-state index contributed by atoms with van der Waals surface area (Å²) >= 11 is 0. The summed E-state index contributed by atoms with van der Waals surface area (Å²) in [4.78, 5) is 14.3. The lowest BCUT2D eigenvalue weighted by Gasteiger charge is -1.98. The number of rotatable bonds is 2.